The molecule has 0 spiro atoms. The summed E-state index contributed by atoms with van der Waals surface area (Å²) in [7, 11) is 1.81. The number of carbonyl (C=O) groups excluding carboxylic acids is 1. The third kappa shape index (κ3) is 1.63. The first-order chi connectivity index (χ1) is 6.89. The van der Waals surface area contributed by atoms with Gasteiger partial charge in [0.25, 0.3) is 0 Å². The van der Waals surface area contributed by atoms with Crippen molar-refractivity contribution in [3.05, 3.63) is 29.3 Å². The Kier molecular flexibility index (Phi) is 2.08. The van der Waals surface area contributed by atoms with Gasteiger partial charge in [-0.3, -0.25) is 4.79 Å². The predicted octanol–water partition coefficient (Wildman–Crippen LogP) is 1.40. The second kappa shape index (κ2) is 3.07. The van der Waals surface area contributed by atoms with Gasteiger partial charge in [0.1, 0.15) is 0 Å². The molecular formula is C12H16N2O. The molecule has 0 saturated heterocycles. The lowest BCUT2D eigenvalue weighted by molar-refractivity contribution is -0.117. The van der Waals surface area contributed by atoms with Gasteiger partial charge in [-0.1, -0.05) is 12.1 Å². The minimum Gasteiger partial charge on any atom is -0.322 e. The molecule has 15 heavy (non-hydrogen) atoms. The summed E-state index contributed by atoms with van der Waals surface area (Å²) in [6, 6.07) is 6.02. The van der Waals surface area contributed by atoms with Crippen LogP contribution in [-0.4, -0.2) is 13.0 Å². The number of hydrogen-bond acceptors (Lipinski definition) is 2. The molecule has 1 amide bonds. The molecule has 1 aliphatic heterocycles. The molecule has 2 N–H and O–H groups in total. The zero-order valence-corrected chi connectivity index (χ0v) is 9.37. The summed E-state index contributed by atoms with van der Waals surface area (Å²) in [5.74, 6) is 0.150. The fourth-order valence-corrected chi connectivity index (χ4v) is 1.84. The minimum absolute atomic E-state index is 0.150. The summed E-state index contributed by atoms with van der Waals surface area (Å²) in [5.41, 5.74) is 8.82. The normalized spacial score (nSPS) is 15.7. The molecule has 0 saturated carbocycles. The molecule has 3 heteroatoms. The van der Waals surface area contributed by atoms with Crippen LogP contribution in [0.2, 0.25) is 0 Å². The van der Waals surface area contributed by atoms with Crippen LogP contribution in [0.4, 0.5) is 5.69 Å². The number of nitrogens with two attached hydrogens (primary N) is 1. The van der Waals surface area contributed by atoms with Crippen LogP contribution >= 0.6 is 0 Å². The van der Waals surface area contributed by atoms with Crippen molar-refractivity contribution in [1.29, 1.82) is 0 Å². The lowest BCUT2D eigenvalue weighted by Gasteiger charge is -2.21. The fourth-order valence-electron chi connectivity index (χ4n) is 1.84. The fraction of sp³-hybridized carbons (Fsp3) is 0.417. The Morgan fingerprint density at radius 2 is 2.07 bits per heavy atom. The van der Waals surface area contributed by atoms with Gasteiger partial charge in [0, 0.05) is 18.3 Å². The van der Waals surface area contributed by atoms with Crippen LogP contribution < -0.4 is 10.6 Å². The number of fused-ring (bicyclic) bond motifs is 1. The van der Waals surface area contributed by atoms with Crippen LogP contribution in [-0.2, 0) is 16.8 Å². The first-order valence-electron chi connectivity index (χ1n) is 5.08. The summed E-state index contributed by atoms with van der Waals surface area (Å²) in [4.78, 5) is 13.2. The third-order valence-electron chi connectivity index (χ3n) is 2.91. The van der Waals surface area contributed by atoms with Gasteiger partial charge in [0.15, 0.2) is 0 Å². The summed E-state index contributed by atoms with van der Waals surface area (Å²) in [5, 5.41) is 0. The maximum absolute atomic E-state index is 11.5. The SMILES string of the molecule is CN1C(=O)Cc2ccc(C(C)(C)N)cc21. The van der Waals surface area contributed by atoms with Gasteiger partial charge < -0.3 is 10.6 Å². The number of amides is 1. The van der Waals surface area contributed by atoms with Gasteiger partial charge in [-0.2, -0.15) is 0 Å². The number of nitrogens with zero attached hydrogens (tertiary/aromatic N) is 1. The van der Waals surface area contributed by atoms with Crippen LogP contribution in [0.1, 0.15) is 25.0 Å². The first kappa shape index (κ1) is 10.2. The Morgan fingerprint density at radius 1 is 1.40 bits per heavy atom. The Labute approximate surface area is 89.9 Å². The highest BCUT2D eigenvalue weighted by Crippen LogP contribution is 2.31. The highest BCUT2D eigenvalue weighted by molar-refractivity contribution is 6.01. The first-order valence-corrected chi connectivity index (χ1v) is 5.08. The van der Waals surface area contributed by atoms with Crippen molar-refractivity contribution >= 4 is 11.6 Å². The van der Waals surface area contributed by atoms with Gasteiger partial charge in [0.05, 0.1) is 6.42 Å². The lowest BCUT2D eigenvalue weighted by atomic mass is 9.94. The average Bonchev–Trinajstić information content (AvgIpc) is 2.41. The van der Waals surface area contributed by atoms with Crippen molar-refractivity contribution < 1.29 is 4.79 Å². The number of benzene rings is 1. The number of hydrogen-bond donors (Lipinski definition) is 1. The minimum atomic E-state index is -0.360. The Hall–Kier alpha value is -1.35. The number of rotatable bonds is 1. The molecule has 0 bridgehead atoms. The van der Waals surface area contributed by atoms with Crippen molar-refractivity contribution in [2.24, 2.45) is 5.73 Å². The van der Waals surface area contributed by atoms with E-state index in [0.29, 0.717) is 6.42 Å². The predicted molar refractivity (Wildman–Crippen MR) is 60.8 cm³/mol. The van der Waals surface area contributed by atoms with Crippen LogP contribution in [0.3, 0.4) is 0 Å². The molecule has 2 rings (SSSR count). The van der Waals surface area contributed by atoms with E-state index in [4.69, 9.17) is 5.73 Å². The molecule has 1 aromatic carbocycles. The molecule has 1 heterocycles. The van der Waals surface area contributed by atoms with Gasteiger partial charge >= 0.3 is 0 Å². The third-order valence-corrected chi connectivity index (χ3v) is 2.91. The summed E-state index contributed by atoms with van der Waals surface area (Å²) >= 11 is 0. The van der Waals surface area contributed by atoms with E-state index in [-0.39, 0.29) is 11.4 Å². The van der Waals surface area contributed by atoms with Gasteiger partial charge in [0.2, 0.25) is 5.91 Å². The molecule has 0 radical (unpaired) electrons. The summed E-state index contributed by atoms with van der Waals surface area (Å²) < 4.78 is 0. The van der Waals surface area contributed by atoms with Crippen molar-refractivity contribution in [1.82, 2.24) is 0 Å². The van der Waals surface area contributed by atoms with E-state index in [9.17, 15) is 4.79 Å². The largest absolute Gasteiger partial charge is 0.322 e. The zero-order valence-electron chi connectivity index (χ0n) is 9.37. The molecule has 0 aromatic heterocycles. The van der Waals surface area contributed by atoms with Crippen LogP contribution in [0, 0.1) is 0 Å². The Bertz CT molecular complexity index is 418. The van der Waals surface area contributed by atoms with Crippen LogP contribution in [0.25, 0.3) is 0 Å². The number of anilines is 1. The van der Waals surface area contributed by atoms with E-state index in [1.54, 1.807) is 4.90 Å². The molecule has 0 atom stereocenters. The van der Waals surface area contributed by atoms with Crippen molar-refractivity contribution in [3.8, 4) is 0 Å². The molecule has 1 aliphatic rings. The Balaban J connectivity index is 2.49. The molecule has 0 aliphatic carbocycles. The van der Waals surface area contributed by atoms with E-state index in [1.807, 2.05) is 39.1 Å². The van der Waals surface area contributed by atoms with Gasteiger partial charge in [-0.05, 0) is 31.0 Å². The van der Waals surface area contributed by atoms with E-state index in [2.05, 4.69) is 0 Å². The lowest BCUT2D eigenvalue weighted by Crippen LogP contribution is -2.29. The van der Waals surface area contributed by atoms with Crippen molar-refractivity contribution in [2.75, 3.05) is 11.9 Å². The summed E-state index contributed by atoms with van der Waals surface area (Å²) in [6.45, 7) is 3.93. The van der Waals surface area contributed by atoms with Crippen LogP contribution in [0.5, 0.6) is 0 Å². The second-order valence-corrected chi connectivity index (χ2v) is 4.69. The summed E-state index contributed by atoms with van der Waals surface area (Å²) in [6.07, 6.45) is 0.511. The van der Waals surface area contributed by atoms with Crippen molar-refractivity contribution in [2.45, 2.75) is 25.8 Å². The van der Waals surface area contributed by atoms with E-state index in [1.165, 1.54) is 0 Å². The Morgan fingerprint density at radius 3 is 2.67 bits per heavy atom. The second-order valence-electron chi connectivity index (χ2n) is 4.69. The topological polar surface area (TPSA) is 46.3 Å². The maximum Gasteiger partial charge on any atom is 0.231 e. The monoisotopic (exact) mass is 204 g/mol. The molecular weight excluding hydrogens is 188 g/mol. The molecule has 0 unspecified atom stereocenters. The highest BCUT2D eigenvalue weighted by Gasteiger charge is 2.25. The molecule has 3 nitrogen and oxygen atoms in total. The van der Waals surface area contributed by atoms with E-state index >= 15 is 0 Å². The number of likely N-dealkylation sites (N-methyl/N-ethyl adjacent to an activating group) is 1. The van der Waals surface area contributed by atoms with Gasteiger partial charge in [-0.15, -0.1) is 0 Å². The standard InChI is InChI=1S/C12H16N2O/c1-12(2,13)9-5-4-8-6-11(15)14(3)10(8)7-9/h4-5,7H,6,13H2,1-3H3. The average molecular weight is 204 g/mol. The number of carbonyl (C=O) groups is 1. The van der Waals surface area contributed by atoms with Crippen LogP contribution in [0.15, 0.2) is 18.2 Å². The highest BCUT2D eigenvalue weighted by atomic mass is 16.2. The van der Waals surface area contributed by atoms with Gasteiger partial charge in [-0.25, -0.2) is 0 Å². The zero-order chi connectivity index (χ0) is 11.2. The van der Waals surface area contributed by atoms with E-state index < -0.39 is 0 Å². The smallest absolute Gasteiger partial charge is 0.231 e. The van der Waals surface area contributed by atoms with E-state index in [0.717, 1.165) is 16.8 Å². The maximum atomic E-state index is 11.5. The molecule has 1 aromatic rings. The van der Waals surface area contributed by atoms with Crippen molar-refractivity contribution in [3.63, 3.8) is 0 Å². The molecule has 0 fully saturated rings. The molecule has 80 valence electrons. The quantitative estimate of drug-likeness (QED) is 0.751.